The summed E-state index contributed by atoms with van der Waals surface area (Å²) in [6, 6.07) is 6.25. The minimum Gasteiger partial charge on any atom is -0.304 e. The van der Waals surface area contributed by atoms with Crippen LogP contribution in [0.5, 0.6) is 0 Å². The van der Waals surface area contributed by atoms with Crippen molar-refractivity contribution in [3.63, 3.8) is 0 Å². The summed E-state index contributed by atoms with van der Waals surface area (Å²) in [5.41, 5.74) is 1.20. The topological polar surface area (TPSA) is 17.3 Å². The number of imidazole rings is 1. The zero-order valence-electron chi connectivity index (χ0n) is 11.4. The van der Waals surface area contributed by atoms with Crippen molar-refractivity contribution in [2.45, 2.75) is 58.3 Å². The van der Waals surface area contributed by atoms with Gasteiger partial charge in [0, 0.05) is 12.6 Å². The van der Waals surface area contributed by atoms with Crippen LogP contribution in [0.2, 0.25) is 0 Å². The Hall–Kier alpha value is -1.31. The first-order chi connectivity index (χ1) is 8.92. The standard InChI is InChI=1S/C16H24N2/c1-2-3-4-5-6-7-8-12-16-17-14-15-11-9-10-13-18(15)16/h9-11,13-14H,2-8,12H2,1H3. The van der Waals surface area contributed by atoms with E-state index in [9.17, 15) is 0 Å². The van der Waals surface area contributed by atoms with Crippen molar-refractivity contribution in [2.75, 3.05) is 0 Å². The molecule has 0 saturated carbocycles. The van der Waals surface area contributed by atoms with Crippen LogP contribution in [-0.4, -0.2) is 9.38 Å². The summed E-state index contributed by atoms with van der Waals surface area (Å²) in [5, 5.41) is 0. The third-order valence-electron chi connectivity index (χ3n) is 3.52. The van der Waals surface area contributed by atoms with Crippen molar-refractivity contribution < 1.29 is 0 Å². The van der Waals surface area contributed by atoms with Crippen LogP contribution < -0.4 is 0 Å². The Balaban J connectivity index is 1.70. The number of unbranched alkanes of at least 4 members (excludes halogenated alkanes) is 6. The highest BCUT2D eigenvalue weighted by atomic mass is 15.0. The van der Waals surface area contributed by atoms with Gasteiger partial charge in [0.2, 0.25) is 0 Å². The Morgan fingerprint density at radius 3 is 2.61 bits per heavy atom. The minimum absolute atomic E-state index is 1.10. The average molecular weight is 244 g/mol. The van der Waals surface area contributed by atoms with Gasteiger partial charge in [-0.25, -0.2) is 4.98 Å². The fraction of sp³-hybridized carbons (Fsp3) is 0.562. The molecule has 0 aromatic carbocycles. The summed E-state index contributed by atoms with van der Waals surface area (Å²) in [7, 11) is 0. The Bertz CT molecular complexity index is 459. The third kappa shape index (κ3) is 3.59. The van der Waals surface area contributed by atoms with Gasteiger partial charge in [-0.2, -0.15) is 0 Å². The number of rotatable bonds is 8. The third-order valence-corrected chi connectivity index (χ3v) is 3.52. The smallest absolute Gasteiger partial charge is 0.113 e. The SMILES string of the molecule is CCCCCCCCCc1ncc2ccccn12. The maximum atomic E-state index is 4.51. The van der Waals surface area contributed by atoms with Crippen molar-refractivity contribution in [1.82, 2.24) is 9.38 Å². The molecule has 2 rings (SSSR count). The van der Waals surface area contributed by atoms with Gasteiger partial charge >= 0.3 is 0 Å². The van der Waals surface area contributed by atoms with Gasteiger partial charge in [0.25, 0.3) is 0 Å². The molecule has 0 spiro atoms. The van der Waals surface area contributed by atoms with E-state index < -0.39 is 0 Å². The molecule has 98 valence electrons. The molecule has 2 aromatic heterocycles. The van der Waals surface area contributed by atoms with Crippen molar-refractivity contribution in [3.05, 3.63) is 36.4 Å². The van der Waals surface area contributed by atoms with Crippen molar-refractivity contribution >= 4 is 5.52 Å². The molecule has 2 aromatic rings. The second-order valence-electron chi connectivity index (χ2n) is 5.04. The molecule has 0 atom stereocenters. The molecule has 0 aliphatic heterocycles. The van der Waals surface area contributed by atoms with E-state index in [1.165, 1.54) is 56.3 Å². The number of hydrogen-bond acceptors (Lipinski definition) is 1. The lowest BCUT2D eigenvalue weighted by atomic mass is 10.1. The normalized spacial score (nSPS) is 11.2. The van der Waals surface area contributed by atoms with Gasteiger partial charge in [-0.3, -0.25) is 0 Å². The molecular weight excluding hydrogens is 220 g/mol. The van der Waals surface area contributed by atoms with E-state index >= 15 is 0 Å². The first kappa shape index (κ1) is 13.1. The van der Waals surface area contributed by atoms with Crippen LogP contribution in [0, 0.1) is 0 Å². The van der Waals surface area contributed by atoms with E-state index in [4.69, 9.17) is 0 Å². The van der Waals surface area contributed by atoms with Gasteiger partial charge in [0.15, 0.2) is 0 Å². The number of aromatic nitrogens is 2. The predicted octanol–water partition coefficient (Wildman–Crippen LogP) is 4.63. The quantitative estimate of drug-likeness (QED) is 0.619. The first-order valence-electron chi connectivity index (χ1n) is 7.33. The number of pyridine rings is 1. The molecule has 0 aliphatic carbocycles. The van der Waals surface area contributed by atoms with Gasteiger partial charge in [-0.1, -0.05) is 51.5 Å². The Labute approximate surface area is 110 Å². The number of aryl methyl sites for hydroxylation is 1. The highest BCUT2D eigenvalue weighted by Crippen LogP contribution is 2.11. The van der Waals surface area contributed by atoms with Gasteiger partial charge in [-0.05, 0) is 18.6 Å². The van der Waals surface area contributed by atoms with Gasteiger partial charge < -0.3 is 4.40 Å². The summed E-state index contributed by atoms with van der Waals surface area (Å²) in [4.78, 5) is 4.51. The fourth-order valence-corrected chi connectivity index (χ4v) is 2.42. The number of fused-ring (bicyclic) bond motifs is 1. The minimum atomic E-state index is 1.10. The summed E-state index contributed by atoms with van der Waals surface area (Å²) >= 11 is 0. The van der Waals surface area contributed by atoms with Gasteiger partial charge in [0.1, 0.15) is 5.82 Å². The van der Waals surface area contributed by atoms with Crippen LogP contribution in [0.3, 0.4) is 0 Å². The van der Waals surface area contributed by atoms with Crippen LogP contribution >= 0.6 is 0 Å². The second-order valence-corrected chi connectivity index (χ2v) is 5.04. The van der Waals surface area contributed by atoms with E-state index in [2.05, 4.69) is 40.7 Å². The van der Waals surface area contributed by atoms with Crippen LogP contribution in [-0.2, 0) is 6.42 Å². The van der Waals surface area contributed by atoms with Crippen molar-refractivity contribution in [3.8, 4) is 0 Å². The van der Waals surface area contributed by atoms with E-state index in [-0.39, 0.29) is 0 Å². The van der Waals surface area contributed by atoms with E-state index in [0.29, 0.717) is 0 Å². The predicted molar refractivity (Wildman–Crippen MR) is 76.9 cm³/mol. The van der Waals surface area contributed by atoms with Gasteiger partial charge in [-0.15, -0.1) is 0 Å². The zero-order chi connectivity index (χ0) is 12.6. The molecule has 0 unspecified atom stereocenters. The van der Waals surface area contributed by atoms with Crippen LogP contribution in [0.4, 0.5) is 0 Å². The van der Waals surface area contributed by atoms with Crippen LogP contribution in [0.25, 0.3) is 5.52 Å². The highest BCUT2D eigenvalue weighted by Gasteiger charge is 2.01. The molecule has 2 heteroatoms. The number of nitrogens with zero attached hydrogens (tertiary/aromatic N) is 2. The lowest BCUT2D eigenvalue weighted by molar-refractivity contribution is 0.584. The summed E-state index contributed by atoms with van der Waals surface area (Å²) in [6.07, 6.45) is 14.7. The van der Waals surface area contributed by atoms with E-state index in [0.717, 1.165) is 6.42 Å². The molecule has 0 bridgehead atoms. The molecule has 0 amide bonds. The van der Waals surface area contributed by atoms with Gasteiger partial charge in [0.05, 0.1) is 11.7 Å². The largest absolute Gasteiger partial charge is 0.304 e. The summed E-state index contributed by atoms with van der Waals surface area (Å²) < 4.78 is 2.21. The monoisotopic (exact) mass is 244 g/mol. The molecular formula is C16H24N2. The molecule has 2 nitrogen and oxygen atoms in total. The molecule has 0 saturated heterocycles. The van der Waals surface area contributed by atoms with Crippen LogP contribution in [0.1, 0.15) is 57.7 Å². The maximum absolute atomic E-state index is 4.51. The Kier molecular flexibility index (Phi) is 5.25. The average Bonchev–Trinajstić information content (AvgIpc) is 2.81. The molecule has 0 aliphatic rings. The van der Waals surface area contributed by atoms with E-state index in [1.807, 2.05) is 6.20 Å². The van der Waals surface area contributed by atoms with E-state index in [1.54, 1.807) is 0 Å². The molecule has 0 fully saturated rings. The molecule has 0 radical (unpaired) electrons. The fourth-order valence-electron chi connectivity index (χ4n) is 2.42. The second kappa shape index (κ2) is 7.20. The van der Waals surface area contributed by atoms with Crippen molar-refractivity contribution in [1.29, 1.82) is 0 Å². The Morgan fingerprint density at radius 2 is 1.78 bits per heavy atom. The van der Waals surface area contributed by atoms with Crippen molar-refractivity contribution in [2.24, 2.45) is 0 Å². The summed E-state index contributed by atoms with van der Waals surface area (Å²) in [6.45, 7) is 2.27. The maximum Gasteiger partial charge on any atom is 0.113 e. The zero-order valence-corrected chi connectivity index (χ0v) is 11.4. The lowest BCUT2D eigenvalue weighted by Crippen LogP contribution is -1.94. The molecule has 18 heavy (non-hydrogen) atoms. The van der Waals surface area contributed by atoms with Crippen LogP contribution in [0.15, 0.2) is 30.6 Å². The lowest BCUT2D eigenvalue weighted by Gasteiger charge is -2.02. The highest BCUT2D eigenvalue weighted by molar-refractivity contribution is 5.45. The first-order valence-corrected chi connectivity index (χ1v) is 7.33. The summed E-state index contributed by atoms with van der Waals surface area (Å²) in [5.74, 6) is 1.21. The number of hydrogen-bond donors (Lipinski definition) is 0. The Morgan fingerprint density at radius 1 is 1.00 bits per heavy atom. The molecule has 2 heterocycles. The molecule has 0 N–H and O–H groups in total.